The number of carbonyl (C=O) groups excluding carboxylic acids is 1. The van der Waals surface area contributed by atoms with Crippen molar-refractivity contribution in [1.29, 1.82) is 0 Å². The fraction of sp³-hybridized carbons (Fsp3) is 0.250. The van der Waals surface area contributed by atoms with E-state index in [1.165, 1.54) is 16.6 Å². The van der Waals surface area contributed by atoms with Crippen molar-refractivity contribution in [3.8, 4) is 0 Å². The van der Waals surface area contributed by atoms with Crippen molar-refractivity contribution < 1.29 is 4.79 Å². The van der Waals surface area contributed by atoms with E-state index in [0.717, 1.165) is 0 Å². The summed E-state index contributed by atoms with van der Waals surface area (Å²) in [7, 11) is 0. The number of nitrogens with one attached hydrogen (secondary N) is 1. The molecule has 6 nitrogen and oxygen atoms in total. The number of halogens is 1. The van der Waals surface area contributed by atoms with Gasteiger partial charge in [0.15, 0.2) is 11.3 Å². The van der Waals surface area contributed by atoms with E-state index in [1.54, 1.807) is 0 Å². The molecule has 0 bridgehead atoms. The van der Waals surface area contributed by atoms with E-state index in [9.17, 15) is 4.79 Å². The predicted octanol–water partition coefficient (Wildman–Crippen LogP) is 0.488. The van der Waals surface area contributed by atoms with Crippen LogP contribution in [0.3, 0.4) is 0 Å². The van der Waals surface area contributed by atoms with Crippen molar-refractivity contribution in [2.45, 2.75) is 0 Å². The highest BCUT2D eigenvalue weighted by Gasteiger charge is 2.14. The molecule has 0 aromatic carbocycles. The minimum absolute atomic E-state index is 0.225. The molecule has 2 rings (SSSR count). The van der Waals surface area contributed by atoms with Crippen LogP contribution in [0.2, 0.25) is 0 Å². The van der Waals surface area contributed by atoms with Gasteiger partial charge in [0, 0.05) is 12.4 Å². The van der Waals surface area contributed by atoms with Gasteiger partial charge >= 0.3 is 0 Å². The molecular weight excluding hydrogens is 250 g/mol. The van der Waals surface area contributed by atoms with E-state index in [1.807, 2.05) is 0 Å². The summed E-state index contributed by atoms with van der Waals surface area (Å²) in [6.45, 7) is 0.382. The Kier molecular flexibility index (Phi) is 3.25. The molecule has 1 amide bonds. The smallest absolute Gasteiger partial charge is 0.272 e. The zero-order valence-electron chi connectivity index (χ0n) is 8.09. The zero-order chi connectivity index (χ0) is 11.5. The highest BCUT2D eigenvalue weighted by Crippen LogP contribution is 2.13. The first-order chi connectivity index (χ1) is 7.74. The monoisotopic (exact) mass is 257 g/mol. The second kappa shape index (κ2) is 4.67. The lowest BCUT2D eigenvalue weighted by Crippen LogP contribution is -2.26. The number of nitrogens with zero attached hydrogens (tertiary/aromatic N) is 4. The van der Waals surface area contributed by atoms with Gasteiger partial charge in [-0.25, -0.2) is 15.0 Å². The molecule has 0 radical (unpaired) electrons. The summed E-state index contributed by atoms with van der Waals surface area (Å²) in [5.41, 5.74) is 1.14. The quantitative estimate of drug-likeness (QED) is 0.620. The van der Waals surface area contributed by atoms with Gasteiger partial charge in [-0.15, -0.1) is 11.6 Å². The molecule has 0 unspecified atom stereocenters. The first-order valence-corrected chi connectivity index (χ1v) is 5.39. The van der Waals surface area contributed by atoms with Gasteiger partial charge in [0.1, 0.15) is 18.2 Å². The Hall–Kier alpha value is -1.34. The first kappa shape index (κ1) is 11.2. The van der Waals surface area contributed by atoms with Gasteiger partial charge in [0.2, 0.25) is 0 Å². The maximum atomic E-state index is 11.7. The number of alkyl halides is 1. The van der Waals surface area contributed by atoms with E-state index in [2.05, 4.69) is 33.1 Å². The Morgan fingerprint density at radius 1 is 1.50 bits per heavy atom. The molecule has 2 aromatic heterocycles. The van der Waals surface area contributed by atoms with Gasteiger partial charge in [-0.3, -0.25) is 8.77 Å². The van der Waals surface area contributed by atoms with Crippen molar-refractivity contribution >= 4 is 41.5 Å². The van der Waals surface area contributed by atoms with Crippen LogP contribution < -0.4 is 5.32 Å². The Labute approximate surface area is 102 Å². The topological polar surface area (TPSA) is 72.7 Å². The van der Waals surface area contributed by atoms with Crippen LogP contribution in [0.4, 0.5) is 0 Å². The van der Waals surface area contributed by atoms with Gasteiger partial charge in [0.25, 0.3) is 5.91 Å². The second-order valence-electron chi connectivity index (χ2n) is 2.93. The Morgan fingerprint density at radius 3 is 3.06 bits per heavy atom. The normalized spacial score (nSPS) is 10.6. The van der Waals surface area contributed by atoms with Crippen LogP contribution >= 0.6 is 24.4 Å². The summed E-state index contributed by atoms with van der Waals surface area (Å²) < 4.78 is 1.43. The minimum atomic E-state index is -0.319. The van der Waals surface area contributed by atoms with Gasteiger partial charge in [-0.2, -0.15) is 0 Å². The van der Waals surface area contributed by atoms with Crippen LogP contribution in [0.25, 0.3) is 11.2 Å². The highest BCUT2D eigenvalue weighted by molar-refractivity contribution is 7.78. The third kappa shape index (κ3) is 1.96. The third-order valence-corrected chi connectivity index (χ3v) is 2.39. The predicted molar refractivity (Wildman–Crippen MR) is 62.8 cm³/mol. The van der Waals surface area contributed by atoms with E-state index in [-0.39, 0.29) is 11.6 Å². The molecule has 2 aromatic rings. The van der Waals surface area contributed by atoms with Crippen molar-refractivity contribution in [2.24, 2.45) is 0 Å². The van der Waals surface area contributed by atoms with Gasteiger partial charge in [-0.05, 0) is 0 Å². The molecule has 8 heteroatoms. The van der Waals surface area contributed by atoms with Crippen LogP contribution in [-0.2, 0) is 0 Å². The maximum Gasteiger partial charge on any atom is 0.272 e. The fourth-order valence-corrected chi connectivity index (χ4v) is 1.53. The second-order valence-corrected chi connectivity index (χ2v) is 3.74. The van der Waals surface area contributed by atoms with Crippen molar-refractivity contribution in [1.82, 2.24) is 24.2 Å². The number of imidazole rings is 1. The molecule has 84 valence electrons. The van der Waals surface area contributed by atoms with Crippen LogP contribution in [0.5, 0.6) is 0 Å². The van der Waals surface area contributed by atoms with Crippen molar-refractivity contribution in [3.05, 3.63) is 18.3 Å². The van der Waals surface area contributed by atoms with E-state index in [0.29, 0.717) is 23.6 Å². The summed E-state index contributed by atoms with van der Waals surface area (Å²) in [4.78, 5) is 23.6. The number of hydrogen-bond donors (Lipinski definition) is 2. The summed E-state index contributed by atoms with van der Waals surface area (Å²) in [5, 5.41) is 2.61. The fourth-order valence-electron chi connectivity index (χ4n) is 1.23. The van der Waals surface area contributed by atoms with Crippen molar-refractivity contribution in [2.75, 3.05) is 12.4 Å². The number of hydrogen-bond acceptors (Lipinski definition) is 5. The lowest BCUT2D eigenvalue weighted by atomic mass is 10.3. The number of aromatic nitrogens is 4. The first-order valence-electron chi connectivity index (χ1n) is 4.45. The van der Waals surface area contributed by atoms with Crippen LogP contribution in [-0.4, -0.2) is 37.3 Å². The summed E-state index contributed by atoms with van der Waals surface area (Å²) in [6, 6.07) is 0. The zero-order valence-corrected chi connectivity index (χ0v) is 9.74. The SMILES string of the molecule is O=C(NCCCl)c1ncnc2c1ncn2S. The highest BCUT2D eigenvalue weighted by atomic mass is 35.5. The molecule has 0 saturated heterocycles. The van der Waals surface area contributed by atoms with Gasteiger partial charge in [0.05, 0.1) is 0 Å². The largest absolute Gasteiger partial charge is 0.349 e. The molecular formula is C8H8ClN5OS. The Balaban J connectivity index is 2.40. The molecule has 16 heavy (non-hydrogen) atoms. The van der Waals surface area contributed by atoms with E-state index < -0.39 is 0 Å². The van der Waals surface area contributed by atoms with E-state index in [4.69, 9.17) is 11.6 Å². The summed E-state index contributed by atoms with van der Waals surface area (Å²) in [6.07, 6.45) is 2.76. The molecule has 2 heterocycles. The van der Waals surface area contributed by atoms with Crippen LogP contribution in [0, 0.1) is 0 Å². The third-order valence-electron chi connectivity index (χ3n) is 1.91. The number of thiol groups is 1. The van der Waals surface area contributed by atoms with Crippen molar-refractivity contribution in [3.63, 3.8) is 0 Å². The standard InChI is InChI=1S/C8H8ClN5OS/c9-1-2-10-8(15)6-5-7(12-3-11-6)14(16)4-13-5/h3-4,16H,1-2H2,(H,10,15). The Bertz CT molecular complexity index is 528. The molecule has 0 atom stereocenters. The van der Waals surface area contributed by atoms with E-state index >= 15 is 0 Å². The van der Waals surface area contributed by atoms with Gasteiger partial charge < -0.3 is 5.32 Å². The lowest BCUT2D eigenvalue weighted by molar-refractivity contribution is 0.0952. The van der Waals surface area contributed by atoms with Crippen LogP contribution in [0.15, 0.2) is 12.7 Å². The number of amides is 1. The minimum Gasteiger partial charge on any atom is -0.349 e. The summed E-state index contributed by atoms with van der Waals surface area (Å²) in [5.74, 6) is 0.0288. The number of carbonyl (C=O) groups is 1. The van der Waals surface area contributed by atoms with Gasteiger partial charge in [-0.1, -0.05) is 12.8 Å². The molecule has 0 spiro atoms. The molecule has 0 saturated carbocycles. The average molecular weight is 258 g/mol. The Morgan fingerprint density at radius 2 is 2.31 bits per heavy atom. The number of fused-ring (bicyclic) bond motifs is 1. The molecule has 0 aliphatic heterocycles. The molecule has 0 aliphatic rings. The lowest BCUT2D eigenvalue weighted by Gasteiger charge is -2.02. The molecule has 0 fully saturated rings. The molecule has 1 N–H and O–H groups in total. The van der Waals surface area contributed by atoms with Crippen LogP contribution in [0.1, 0.15) is 10.5 Å². The number of rotatable bonds is 3. The average Bonchev–Trinajstić information content (AvgIpc) is 2.68. The molecule has 0 aliphatic carbocycles. The summed E-state index contributed by atoms with van der Waals surface area (Å²) >= 11 is 9.57. The maximum absolute atomic E-state index is 11.7.